The summed E-state index contributed by atoms with van der Waals surface area (Å²) >= 11 is 0. The van der Waals surface area contributed by atoms with Crippen molar-refractivity contribution >= 4 is 5.97 Å². The van der Waals surface area contributed by atoms with E-state index in [1.165, 1.54) is 5.56 Å². The van der Waals surface area contributed by atoms with Gasteiger partial charge in [0, 0.05) is 6.42 Å². The van der Waals surface area contributed by atoms with Crippen LogP contribution in [0.5, 0.6) is 0 Å². The molecule has 0 radical (unpaired) electrons. The summed E-state index contributed by atoms with van der Waals surface area (Å²) in [6.45, 7) is 9.69. The number of esters is 1. The minimum atomic E-state index is -0.365. The highest BCUT2D eigenvalue weighted by atomic mass is 16.6. The first-order valence-corrected chi connectivity index (χ1v) is 7.23. The highest BCUT2D eigenvalue weighted by molar-refractivity contribution is 5.69. The lowest BCUT2D eigenvalue weighted by Crippen LogP contribution is -2.23. The number of hydrogen-bond acceptors (Lipinski definition) is 2. The zero-order valence-corrected chi connectivity index (χ0v) is 13.0. The van der Waals surface area contributed by atoms with Crippen molar-refractivity contribution in [3.8, 4) is 0 Å². The molecule has 0 fully saturated rings. The molecule has 0 N–H and O–H groups in total. The molecule has 2 nitrogen and oxygen atoms in total. The highest BCUT2D eigenvalue weighted by Crippen LogP contribution is 2.11. The maximum atomic E-state index is 11.4. The molecule has 0 atom stereocenters. The highest BCUT2D eigenvalue weighted by Gasteiger charge is 2.15. The number of aryl methyl sites for hydroxylation is 1. The molecule has 0 amide bonds. The fourth-order valence-corrected chi connectivity index (χ4v) is 1.64. The van der Waals surface area contributed by atoms with Crippen molar-refractivity contribution in [1.29, 1.82) is 0 Å². The van der Waals surface area contributed by atoms with Crippen LogP contribution in [0.3, 0.4) is 0 Å². The van der Waals surface area contributed by atoms with Gasteiger partial charge in [-0.25, -0.2) is 0 Å². The second-order valence-electron chi connectivity index (χ2n) is 5.28. The van der Waals surface area contributed by atoms with Crippen LogP contribution in [0.1, 0.15) is 59.4 Å². The number of benzene rings is 1. The molecule has 19 heavy (non-hydrogen) atoms. The Labute approximate surface area is 118 Å². The van der Waals surface area contributed by atoms with E-state index in [1.807, 2.05) is 52.8 Å². The zero-order valence-electron chi connectivity index (χ0n) is 13.0. The number of carbonyl (C=O) groups is 1. The third-order valence-electron chi connectivity index (χ3n) is 2.36. The summed E-state index contributed by atoms with van der Waals surface area (Å²) in [6, 6.07) is 10.3. The predicted molar refractivity (Wildman–Crippen MR) is 81.2 cm³/mol. The Kier molecular flexibility index (Phi) is 8.94. The number of hydrogen-bond donors (Lipinski definition) is 0. The van der Waals surface area contributed by atoms with Crippen LogP contribution in [0.25, 0.3) is 0 Å². The van der Waals surface area contributed by atoms with Gasteiger partial charge in [0.15, 0.2) is 0 Å². The molecule has 0 bridgehead atoms. The lowest BCUT2D eigenvalue weighted by molar-refractivity contribution is -0.154. The third kappa shape index (κ3) is 10.3. The van der Waals surface area contributed by atoms with Crippen LogP contribution in [-0.2, 0) is 16.0 Å². The van der Waals surface area contributed by atoms with E-state index in [2.05, 4.69) is 12.1 Å². The van der Waals surface area contributed by atoms with Crippen LogP contribution in [0, 0.1) is 0 Å². The Morgan fingerprint density at radius 2 is 1.63 bits per heavy atom. The van der Waals surface area contributed by atoms with Crippen molar-refractivity contribution in [2.75, 3.05) is 0 Å². The molecule has 0 aliphatic heterocycles. The Morgan fingerprint density at radius 3 is 2.16 bits per heavy atom. The Hall–Kier alpha value is -1.31. The zero-order chi connectivity index (χ0) is 14.7. The van der Waals surface area contributed by atoms with Gasteiger partial charge >= 0.3 is 5.97 Å². The van der Waals surface area contributed by atoms with Crippen LogP contribution >= 0.6 is 0 Å². The number of rotatable bonds is 5. The summed E-state index contributed by atoms with van der Waals surface area (Å²) in [7, 11) is 0. The molecule has 0 heterocycles. The number of ether oxygens (including phenoxy) is 1. The predicted octanol–water partition coefficient (Wildman–Crippen LogP) is 4.77. The SMILES string of the molecule is CC.CC(C)(C)OC(=O)CCCCc1ccccc1. The molecule has 0 aliphatic carbocycles. The van der Waals surface area contributed by atoms with E-state index in [0.717, 1.165) is 19.3 Å². The second kappa shape index (κ2) is 9.60. The summed E-state index contributed by atoms with van der Waals surface area (Å²) in [5, 5.41) is 0. The van der Waals surface area contributed by atoms with Gasteiger partial charge in [-0.1, -0.05) is 44.2 Å². The summed E-state index contributed by atoms with van der Waals surface area (Å²) in [4.78, 5) is 11.4. The van der Waals surface area contributed by atoms with Crippen LogP contribution in [0.4, 0.5) is 0 Å². The van der Waals surface area contributed by atoms with Gasteiger partial charge in [0.05, 0.1) is 0 Å². The smallest absolute Gasteiger partial charge is 0.306 e. The van der Waals surface area contributed by atoms with Crippen LogP contribution in [-0.4, -0.2) is 11.6 Å². The molecular formula is C17H28O2. The molecule has 0 spiro atoms. The van der Waals surface area contributed by atoms with Gasteiger partial charge < -0.3 is 4.74 Å². The lowest BCUT2D eigenvalue weighted by atomic mass is 10.1. The summed E-state index contributed by atoms with van der Waals surface area (Å²) in [6.07, 6.45) is 3.47. The Morgan fingerprint density at radius 1 is 1.05 bits per heavy atom. The van der Waals surface area contributed by atoms with E-state index in [1.54, 1.807) is 0 Å². The minimum absolute atomic E-state index is 0.0921. The molecule has 1 aromatic rings. The van der Waals surface area contributed by atoms with E-state index in [4.69, 9.17) is 4.74 Å². The Bertz CT molecular complexity index is 336. The molecule has 2 heteroatoms. The topological polar surface area (TPSA) is 26.3 Å². The van der Waals surface area contributed by atoms with Crippen molar-refractivity contribution in [2.24, 2.45) is 0 Å². The van der Waals surface area contributed by atoms with E-state index >= 15 is 0 Å². The van der Waals surface area contributed by atoms with Gasteiger partial charge in [-0.3, -0.25) is 4.79 Å². The van der Waals surface area contributed by atoms with Gasteiger partial charge in [-0.15, -0.1) is 0 Å². The van der Waals surface area contributed by atoms with E-state index in [-0.39, 0.29) is 11.6 Å². The Balaban J connectivity index is 0.00000154. The fraction of sp³-hybridized carbons (Fsp3) is 0.588. The lowest BCUT2D eigenvalue weighted by Gasteiger charge is -2.19. The van der Waals surface area contributed by atoms with Gasteiger partial charge in [-0.2, -0.15) is 0 Å². The van der Waals surface area contributed by atoms with Gasteiger partial charge in [0.1, 0.15) is 5.60 Å². The van der Waals surface area contributed by atoms with Gasteiger partial charge in [0.2, 0.25) is 0 Å². The van der Waals surface area contributed by atoms with Crippen molar-refractivity contribution in [3.63, 3.8) is 0 Å². The first kappa shape index (κ1) is 17.7. The number of carbonyl (C=O) groups excluding carboxylic acids is 1. The monoisotopic (exact) mass is 264 g/mol. The second-order valence-corrected chi connectivity index (χ2v) is 5.28. The van der Waals surface area contributed by atoms with Crippen molar-refractivity contribution in [1.82, 2.24) is 0 Å². The quantitative estimate of drug-likeness (QED) is 0.566. The van der Waals surface area contributed by atoms with Crippen LogP contribution in [0.15, 0.2) is 30.3 Å². The molecule has 0 aromatic heterocycles. The molecule has 108 valence electrons. The van der Waals surface area contributed by atoms with E-state index in [9.17, 15) is 4.79 Å². The normalized spacial score (nSPS) is 10.4. The van der Waals surface area contributed by atoms with Gasteiger partial charge in [0.25, 0.3) is 0 Å². The third-order valence-corrected chi connectivity index (χ3v) is 2.36. The first-order valence-electron chi connectivity index (χ1n) is 7.23. The molecular weight excluding hydrogens is 236 g/mol. The molecule has 0 aliphatic rings. The van der Waals surface area contributed by atoms with Crippen molar-refractivity contribution in [2.45, 2.75) is 65.9 Å². The fourth-order valence-electron chi connectivity index (χ4n) is 1.64. The molecule has 1 aromatic carbocycles. The maximum Gasteiger partial charge on any atom is 0.306 e. The molecule has 0 saturated carbocycles. The van der Waals surface area contributed by atoms with Crippen LogP contribution in [0.2, 0.25) is 0 Å². The largest absolute Gasteiger partial charge is 0.460 e. The summed E-state index contributed by atoms with van der Waals surface area (Å²) < 4.78 is 5.25. The molecule has 0 saturated heterocycles. The number of unbranched alkanes of at least 4 members (excludes halogenated alkanes) is 1. The standard InChI is InChI=1S/C15H22O2.C2H6/c1-15(2,3)17-14(16)12-8-7-11-13-9-5-4-6-10-13;1-2/h4-6,9-10H,7-8,11-12H2,1-3H3;1-2H3. The van der Waals surface area contributed by atoms with Crippen molar-refractivity contribution < 1.29 is 9.53 Å². The summed E-state index contributed by atoms with van der Waals surface area (Å²) in [5.41, 5.74) is 0.966. The van der Waals surface area contributed by atoms with Crippen molar-refractivity contribution in [3.05, 3.63) is 35.9 Å². The average Bonchev–Trinajstić information content (AvgIpc) is 2.36. The summed E-state index contributed by atoms with van der Waals surface area (Å²) in [5.74, 6) is -0.0921. The molecule has 1 rings (SSSR count). The average molecular weight is 264 g/mol. The van der Waals surface area contributed by atoms with E-state index < -0.39 is 0 Å². The van der Waals surface area contributed by atoms with Gasteiger partial charge in [-0.05, 0) is 45.6 Å². The maximum absolute atomic E-state index is 11.4. The molecule has 0 unspecified atom stereocenters. The first-order chi connectivity index (χ1) is 8.97. The minimum Gasteiger partial charge on any atom is -0.460 e. The van der Waals surface area contributed by atoms with E-state index in [0.29, 0.717) is 6.42 Å². The van der Waals surface area contributed by atoms with Crippen LogP contribution < -0.4 is 0 Å².